The molecule has 18 heavy (non-hydrogen) atoms. The Morgan fingerprint density at radius 3 is 2.11 bits per heavy atom. The average Bonchev–Trinajstić information content (AvgIpc) is 2.83. The maximum atomic E-state index is 11.7. The largest absolute Gasteiger partial charge is 0.343 e. The number of likely N-dealkylation sites (tertiary alicyclic amines) is 2. The Morgan fingerprint density at radius 1 is 1.06 bits per heavy atom. The highest BCUT2D eigenvalue weighted by molar-refractivity contribution is 5.85. The summed E-state index contributed by atoms with van der Waals surface area (Å²) in [6, 6.07) is 0.726. The number of halogens is 2. The van der Waals surface area contributed by atoms with Crippen molar-refractivity contribution in [1.29, 1.82) is 0 Å². The second-order valence-electron chi connectivity index (χ2n) is 4.89. The van der Waals surface area contributed by atoms with Crippen LogP contribution in [0.2, 0.25) is 0 Å². The standard InChI is InChI=1S/C12H23N3O.2ClH/c13-6-3-12(16)15-9-4-11(5-10-15)14-7-1-2-8-14;;/h11H,1-10,13H2;2*1H. The van der Waals surface area contributed by atoms with E-state index < -0.39 is 0 Å². The second kappa shape index (κ2) is 8.97. The summed E-state index contributed by atoms with van der Waals surface area (Å²) >= 11 is 0. The van der Waals surface area contributed by atoms with Crippen LogP contribution >= 0.6 is 24.8 Å². The van der Waals surface area contributed by atoms with Crippen molar-refractivity contribution in [2.75, 3.05) is 32.7 Å². The zero-order valence-electron chi connectivity index (χ0n) is 10.8. The third-order valence-corrected chi connectivity index (χ3v) is 3.83. The van der Waals surface area contributed by atoms with E-state index in [2.05, 4.69) is 4.90 Å². The molecule has 0 aromatic heterocycles. The first-order valence-corrected chi connectivity index (χ1v) is 6.53. The molecule has 4 nitrogen and oxygen atoms in total. The first kappa shape index (κ1) is 18.0. The first-order chi connectivity index (χ1) is 7.81. The zero-order valence-corrected chi connectivity index (χ0v) is 12.5. The van der Waals surface area contributed by atoms with E-state index in [1.807, 2.05) is 4.90 Å². The topological polar surface area (TPSA) is 49.6 Å². The molecule has 2 N–H and O–H groups in total. The highest BCUT2D eigenvalue weighted by atomic mass is 35.5. The fraction of sp³-hybridized carbons (Fsp3) is 0.917. The van der Waals surface area contributed by atoms with Crippen molar-refractivity contribution < 1.29 is 4.79 Å². The quantitative estimate of drug-likeness (QED) is 0.853. The number of carbonyl (C=O) groups excluding carboxylic acids is 1. The van der Waals surface area contributed by atoms with Crippen molar-refractivity contribution in [2.24, 2.45) is 5.73 Å². The monoisotopic (exact) mass is 297 g/mol. The fourth-order valence-electron chi connectivity index (χ4n) is 2.87. The van der Waals surface area contributed by atoms with E-state index in [9.17, 15) is 4.79 Å². The average molecular weight is 298 g/mol. The van der Waals surface area contributed by atoms with Crippen LogP contribution in [0.4, 0.5) is 0 Å². The Balaban J connectivity index is 0.00000144. The summed E-state index contributed by atoms with van der Waals surface area (Å²) < 4.78 is 0. The van der Waals surface area contributed by atoms with Gasteiger partial charge in [0.2, 0.25) is 5.91 Å². The van der Waals surface area contributed by atoms with Gasteiger partial charge in [0, 0.05) is 32.1 Å². The molecular weight excluding hydrogens is 273 g/mol. The molecule has 0 aromatic carbocycles. The molecule has 0 radical (unpaired) electrons. The lowest BCUT2D eigenvalue weighted by molar-refractivity contribution is -0.132. The van der Waals surface area contributed by atoms with Gasteiger partial charge in [-0.3, -0.25) is 4.79 Å². The lowest BCUT2D eigenvalue weighted by Gasteiger charge is -2.36. The number of carbonyl (C=O) groups is 1. The minimum atomic E-state index is 0. The molecule has 2 saturated heterocycles. The predicted octanol–water partition coefficient (Wildman–Crippen LogP) is 1.27. The van der Waals surface area contributed by atoms with Gasteiger partial charge in [-0.05, 0) is 38.8 Å². The van der Waals surface area contributed by atoms with Crippen LogP contribution in [-0.4, -0.2) is 54.5 Å². The van der Waals surface area contributed by atoms with E-state index in [1.165, 1.54) is 25.9 Å². The molecule has 0 unspecified atom stereocenters. The number of nitrogens with two attached hydrogens (primary N) is 1. The van der Waals surface area contributed by atoms with Gasteiger partial charge >= 0.3 is 0 Å². The van der Waals surface area contributed by atoms with Crippen LogP contribution in [-0.2, 0) is 4.79 Å². The number of rotatable bonds is 3. The Hall–Kier alpha value is -0.0300. The molecule has 2 heterocycles. The van der Waals surface area contributed by atoms with Gasteiger partial charge in [-0.1, -0.05) is 0 Å². The summed E-state index contributed by atoms with van der Waals surface area (Å²) in [6.45, 7) is 4.87. The highest BCUT2D eigenvalue weighted by Gasteiger charge is 2.27. The smallest absolute Gasteiger partial charge is 0.223 e. The van der Waals surface area contributed by atoms with Crippen LogP contribution in [0, 0.1) is 0 Å². The summed E-state index contributed by atoms with van der Waals surface area (Å²) in [6.07, 6.45) is 5.51. The maximum Gasteiger partial charge on any atom is 0.223 e. The number of piperidine rings is 1. The maximum absolute atomic E-state index is 11.7. The molecule has 1 amide bonds. The fourth-order valence-corrected chi connectivity index (χ4v) is 2.87. The van der Waals surface area contributed by atoms with Crippen molar-refractivity contribution in [1.82, 2.24) is 9.80 Å². The van der Waals surface area contributed by atoms with Gasteiger partial charge in [-0.2, -0.15) is 0 Å². The molecule has 2 fully saturated rings. The van der Waals surface area contributed by atoms with Crippen molar-refractivity contribution in [2.45, 2.75) is 38.1 Å². The third-order valence-electron chi connectivity index (χ3n) is 3.83. The molecule has 0 spiro atoms. The molecule has 0 saturated carbocycles. The van der Waals surface area contributed by atoms with Gasteiger partial charge in [-0.25, -0.2) is 0 Å². The highest BCUT2D eigenvalue weighted by Crippen LogP contribution is 2.21. The molecule has 0 atom stereocenters. The minimum absolute atomic E-state index is 0. The van der Waals surface area contributed by atoms with E-state index in [0.29, 0.717) is 13.0 Å². The van der Waals surface area contributed by atoms with E-state index in [1.54, 1.807) is 0 Å². The van der Waals surface area contributed by atoms with E-state index >= 15 is 0 Å². The lowest BCUT2D eigenvalue weighted by Crippen LogP contribution is -2.46. The van der Waals surface area contributed by atoms with Crippen LogP contribution in [0.15, 0.2) is 0 Å². The number of nitrogens with zero attached hydrogens (tertiary/aromatic N) is 2. The summed E-state index contributed by atoms with van der Waals surface area (Å²) in [7, 11) is 0. The predicted molar refractivity (Wildman–Crippen MR) is 78.6 cm³/mol. The molecular formula is C12H25Cl2N3O. The number of hydrogen-bond acceptors (Lipinski definition) is 3. The van der Waals surface area contributed by atoms with Crippen LogP contribution in [0.3, 0.4) is 0 Å². The van der Waals surface area contributed by atoms with Crippen molar-refractivity contribution in [3.8, 4) is 0 Å². The minimum Gasteiger partial charge on any atom is -0.343 e. The molecule has 0 aliphatic carbocycles. The summed E-state index contributed by atoms with van der Waals surface area (Å²) in [5, 5.41) is 0. The van der Waals surface area contributed by atoms with Gasteiger partial charge in [0.05, 0.1) is 0 Å². The molecule has 2 rings (SSSR count). The Kier molecular flexibility index (Phi) is 8.95. The summed E-state index contributed by atoms with van der Waals surface area (Å²) in [5.41, 5.74) is 5.41. The molecule has 6 heteroatoms. The number of hydrogen-bond donors (Lipinski definition) is 1. The third kappa shape index (κ3) is 4.57. The number of amides is 1. The Morgan fingerprint density at radius 2 is 1.61 bits per heavy atom. The van der Waals surface area contributed by atoms with Gasteiger partial charge in [0.1, 0.15) is 0 Å². The SMILES string of the molecule is Cl.Cl.NCCC(=O)N1CCC(N2CCCC2)CC1. The first-order valence-electron chi connectivity index (χ1n) is 6.53. The van der Waals surface area contributed by atoms with E-state index in [0.717, 1.165) is 32.0 Å². The normalized spacial score (nSPS) is 21.3. The molecule has 0 bridgehead atoms. The second-order valence-corrected chi connectivity index (χ2v) is 4.89. The summed E-state index contributed by atoms with van der Waals surface area (Å²) in [5.74, 6) is 0.238. The van der Waals surface area contributed by atoms with Crippen molar-refractivity contribution >= 4 is 30.7 Å². The van der Waals surface area contributed by atoms with Gasteiger partial charge in [0.15, 0.2) is 0 Å². The van der Waals surface area contributed by atoms with Crippen LogP contribution in [0.5, 0.6) is 0 Å². The van der Waals surface area contributed by atoms with Crippen molar-refractivity contribution in [3.63, 3.8) is 0 Å². The molecule has 108 valence electrons. The zero-order chi connectivity index (χ0) is 11.4. The molecule has 2 aliphatic heterocycles. The van der Waals surface area contributed by atoms with E-state index in [4.69, 9.17) is 5.73 Å². The van der Waals surface area contributed by atoms with Gasteiger partial charge < -0.3 is 15.5 Å². The lowest BCUT2D eigenvalue weighted by atomic mass is 10.0. The Bertz CT molecular complexity index is 239. The molecule has 0 aromatic rings. The van der Waals surface area contributed by atoms with Crippen LogP contribution < -0.4 is 5.73 Å². The van der Waals surface area contributed by atoms with Crippen LogP contribution in [0.1, 0.15) is 32.1 Å². The van der Waals surface area contributed by atoms with Crippen molar-refractivity contribution in [3.05, 3.63) is 0 Å². The summed E-state index contributed by atoms with van der Waals surface area (Å²) in [4.78, 5) is 16.2. The Labute approximate surface area is 122 Å². The van der Waals surface area contributed by atoms with E-state index in [-0.39, 0.29) is 30.7 Å². The van der Waals surface area contributed by atoms with Crippen LogP contribution in [0.25, 0.3) is 0 Å². The van der Waals surface area contributed by atoms with Gasteiger partial charge in [-0.15, -0.1) is 24.8 Å². The van der Waals surface area contributed by atoms with Gasteiger partial charge in [0.25, 0.3) is 0 Å². The molecule has 2 aliphatic rings.